The molecule has 166 valence electrons. The molecule has 1 N–H and O–H groups in total. The van der Waals surface area contributed by atoms with E-state index in [1.54, 1.807) is 4.57 Å². The van der Waals surface area contributed by atoms with Crippen molar-refractivity contribution >= 4 is 27.8 Å². The Morgan fingerprint density at radius 3 is 2.67 bits per heavy atom. The topological polar surface area (TPSA) is 108 Å². The minimum Gasteiger partial charge on any atom is -0.350 e. The molecule has 0 aliphatic rings. The second-order valence-corrected chi connectivity index (χ2v) is 7.70. The first-order valence-electron chi connectivity index (χ1n) is 10.7. The first-order valence-corrected chi connectivity index (χ1v) is 10.7. The number of fused-ring (bicyclic) bond motifs is 3. The molecule has 0 bridgehead atoms. The van der Waals surface area contributed by atoms with Crippen LogP contribution in [0.2, 0.25) is 0 Å². The molecule has 0 atom stereocenters. The Kier molecular flexibility index (Phi) is 5.43. The van der Waals surface area contributed by atoms with Crippen LogP contribution in [0.5, 0.6) is 0 Å². The molecule has 5 aromatic rings. The van der Waals surface area contributed by atoms with E-state index < -0.39 is 0 Å². The van der Waals surface area contributed by atoms with Crippen LogP contribution in [-0.4, -0.2) is 30.2 Å². The molecule has 0 saturated carbocycles. The van der Waals surface area contributed by atoms with E-state index in [2.05, 4.69) is 20.4 Å². The van der Waals surface area contributed by atoms with Crippen molar-refractivity contribution < 1.29 is 9.32 Å². The van der Waals surface area contributed by atoms with Crippen LogP contribution < -0.4 is 10.9 Å². The van der Waals surface area contributed by atoms with Crippen molar-refractivity contribution in [1.29, 1.82) is 0 Å². The smallest absolute Gasteiger partial charge is 0.278 e. The van der Waals surface area contributed by atoms with E-state index in [1.807, 2.05) is 61.5 Å². The van der Waals surface area contributed by atoms with Crippen molar-refractivity contribution in [3.05, 3.63) is 88.6 Å². The van der Waals surface area contributed by atoms with Crippen molar-refractivity contribution in [3.8, 4) is 0 Å². The summed E-state index contributed by atoms with van der Waals surface area (Å²) in [5.41, 5.74) is 2.42. The highest BCUT2D eigenvalue weighted by Crippen LogP contribution is 2.25. The Morgan fingerprint density at radius 1 is 1.09 bits per heavy atom. The third-order valence-corrected chi connectivity index (χ3v) is 5.50. The van der Waals surface area contributed by atoms with E-state index >= 15 is 0 Å². The SMILES string of the molecule is CCc1noc(Cn2cnc3c4ccccc4n(CC(=O)NCc4ccccc4)c3c2=O)n1. The van der Waals surface area contributed by atoms with E-state index in [9.17, 15) is 9.59 Å². The highest BCUT2D eigenvalue weighted by atomic mass is 16.5. The molecule has 33 heavy (non-hydrogen) atoms. The highest BCUT2D eigenvalue weighted by molar-refractivity contribution is 6.06. The third kappa shape index (κ3) is 4.00. The molecule has 3 heterocycles. The third-order valence-electron chi connectivity index (χ3n) is 5.50. The van der Waals surface area contributed by atoms with Gasteiger partial charge in [0.1, 0.15) is 24.1 Å². The predicted octanol–water partition coefficient (Wildman–Crippen LogP) is 2.66. The van der Waals surface area contributed by atoms with Gasteiger partial charge in [-0.1, -0.05) is 60.6 Å². The van der Waals surface area contributed by atoms with Crippen LogP contribution in [0.1, 0.15) is 24.2 Å². The van der Waals surface area contributed by atoms with Crippen molar-refractivity contribution in [2.75, 3.05) is 0 Å². The van der Waals surface area contributed by atoms with Gasteiger partial charge in [0, 0.05) is 18.4 Å². The Labute approximate surface area is 188 Å². The fourth-order valence-corrected chi connectivity index (χ4v) is 3.86. The molecule has 0 aliphatic carbocycles. The molecule has 0 unspecified atom stereocenters. The fraction of sp³-hybridized carbons (Fsp3) is 0.208. The largest absolute Gasteiger partial charge is 0.350 e. The second kappa shape index (κ2) is 8.70. The lowest BCUT2D eigenvalue weighted by Crippen LogP contribution is -2.29. The van der Waals surface area contributed by atoms with E-state index in [-0.39, 0.29) is 24.6 Å². The first-order chi connectivity index (χ1) is 16.1. The minimum absolute atomic E-state index is 0.00167. The maximum atomic E-state index is 13.4. The van der Waals surface area contributed by atoms with Gasteiger partial charge >= 0.3 is 0 Å². The molecule has 0 radical (unpaired) electrons. The summed E-state index contributed by atoms with van der Waals surface area (Å²) in [4.78, 5) is 35.1. The summed E-state index contributed by atoms with van der Waals surface area (Å²) in [7, 11) is 0. The lowest BCUT2D eigenvalue weighted by atomic mass is 10.2. The summed E-state index contributed by atoms with van der Waals surface area (Å²) in [5, 5.41) is 7.63. The van der Waals surface area contributed by atoms with E-state index in [4.69, 9.17) is 4.52 Å². The standard InChI is InChI=1S/C24H22N6O3/c1-2-19-27-21(33-28-19)14-29-15-26-22-17-10-6-7-11-18(17)30(23(22)24(29)32)13-20(31)25-12-16-8-4-3-5-9-16/h3-11,15H,2,12-14H2,1H3,(H,25,31). The number of carbonyl (C=O) groups is 1. The number of para-hydroxylation sites is 1. The average molecular weight is 442 g/mol. The van der Waals surface area contributed by atoms with Crippen LogP contribution >= 0.6 is 0 Å². The number of carbonyl (C=O) groups excluding carboxylic acids is 1. The zero-order valence-corrected chi connectivity index (χ0v) is 18.1. The Balaban J connectivity index is 1.51. The van der Waals surface area contributed by atoms with Gasteiger partial charge in [-0.15, -0.1) is 0 Å². The number of aromatic nitrogens is 5. The number of benzene rings is 2. The number of rotatable bonds is 7. The number of aryl methyl sites for hydroxylation is 1. The molecule has 0 spiro atoms. The quantitative estimate of drug-likeness (QED) is 0.415. The van der Waals surface area contributed by atoms with Gasteiger partial charge in [0.15, 0.2) is 5.82 Å². The second-order valence-electron chi connectivity index (χ2n) is 7.70. The van der Waals surface area contributed by atoms with Gasteiger partial charge < -0.3 is 14.4 Å². The Morgan fingerprint density at radius 2 is 1.88 bits per heavy atom. The van der Waals surface area contributed by atoms with Crippen molar-refractivity contribution in [1.82, 2.24) is 29.6 Å². The monoisotopic (exact) mass is 442 g/mol. The predicted molar refractivity (Wildman–Crippen MR) is 123 cm³/mol. The van der Waals surface area contributed by atoms with Crippen molar-refractivity contribution in [2.24, 2.45) is 0 Å². The molecule has 0 aliphatic heterocycles. The first kappa shape index (κ1) is 20.6. The molecule has 5 rings (SSSR count). The van der Waals surface area contributed by atoms with Gasteiger partial charge in [-0.3, -0.25) is 14.2 Å². The normalized spacial score (nSPS) is 11.3. The van der Waals surface area contributed by atoms with Gasteiger partial charge in [-0.05, 0) is 11.6 Å². The maximum Gasteiger partial charge on any atom is 0.278 e. The minimum atomic E-state index is -0.275. The summed E-state index contributed by atoms with van der Waals surface area (Å²) in [6, 6.07) is 17.2. The summed E-state index contributed by atoms with van der Waals surface area (Å²) in [5.74, 6) is 0.718. The lowest BCUT2D eigenvalue weighted by molar-refractivity contribution is -0.121. The zero-order chi connectivity index (χ0) is 22.8. The zero-order valence-electron chi connectivity index (χ0n) is 18.1. The summed E-state index contributed by atoms with van der Waals surface area (Å²) < 4.78 is 8.38. The van der Waals surface area contributed by atoms with Crippen LogP contribution in [-0.2, 0) is 30.8 Å². The Bertz CT molecular complexity index is 1500. The highest BCUT2D eigenvalue weighted by Gasteiger charge is 2.19. The summed E-state index contributed by atoms with van der Waals surface area (Å²) in [6.45, 7) is 2.45. The van der Waals surface area contributed by atoms with Gasteiger partial charge in [0.25, 0.3) is 5.56 Å². The van der Waals surface area contributed by atoms with Gasteiger partial charge in [0.2, 0.25) is 11.8 Å². The number of nitrogens with zero attached hydrogens (tertiary/aromatic N) is 5. The number of hydrogen-bond donors (Lipinski definition) is 1. The van der Waals surface area contributed by atoms with Crippen LogP contribution in [0.3, 0.4) is 0 Å². The van der Waals surface area contributed by atoms with E-state index in [1.165, 1.54) is 10.9 Å². The van der Waals surface area contributed by atoms with Crippen molar-refractivity contribution in [2.45, 2.75) is 33.0 Å². The lowest BCUT2D eigenvalue weighted by Gasteiger charge is -2.09. The van der Waals surface area contributed by atoms with Gasteiger partial charge in [0.05, 0.1) is 11.8 Å². The summed E-state index contributed by atoms with van der Waals surface area (Å²) >= 11 is 0. The molecule has 2 aromatic carbocycles. The van der Waals surface area contributed by atoms with E-state index in [0.717, 1.165) is 16.5 Å². The number of hydrogen-bond acceptors (Lipinski definition) is 6. The number of amides is 1. The van der Waals surface area contributed by atoms with Crippen LogP contribution in [0.15, 0.2) is 70.2 Å². The number of nitrogens with one attached hydrogen (secondary N) is 1. The van der Waals surface area contributed by atoms with Gasteiger partial charge in [-0.2, -0.15) is 4.98 Å². The molecular formula is C24H22N6O3. The molecule has 3 aromatic heterocycles. The molecule has 9 nitrogen and oxygen atoms in total. The maximum absolute atomic E-state index is 13.4. The Hall–Kier alpha value is -4.27. The fourth-order valence-electron chi connectivity index (χ4n) is 3.86. The van der Waals surface area contributed by atoms with Crippen molar-refractivity contribution in [3.63, 3.8) is 0 Å². The van der Waals surface area contributed by atoms with Crippen LogP contribution in [0.25, 0.3) is 21.9 Å². The average Bonchev–Trinajstić information content (AvgIpc) is 3.43. The van der Waals surface area contributed by atoms with Gasteiger partial charge in [-0.25, -0.2) is 4.98 Å². The van der Waals surface area contributed by atoms with E-state index in [0.29, 0.717) is 35.7 Å². The molecule has 0 fully saturated rings. The van der Waals surface area contributed by atoms with Crippen LogP contribution in [0, 0.1) is 0 Å². The molecular weight excluding hydrogens is 420 g/mol. The van der Waals surface area contributed by atoms with Crippen LogP contribution in [0.4, 0.5) is 0 Å². The molecule has 9 heteroatoms. The summed E-state index contributed by atoms with van der Waals surface area (Å²) in [6.07, 6.45) is 2.12. The molecule has 1 amide bonds. The molecule has 0 saturated heterocycles.